The van der Waals surface area contributed by atoms with Crippen molar-refractivity contribution in [3.63, 3.8) is 0 Å². The molecule has 2 saturated heterocycles. The van der Waals surface area contributed by atoms with Crippen molar-refractivity contribution in [1.82, 2.24) is 15.1 Å². The summed E-state index contributed by atoms with van der Waals surface area (Å²) in [5.74, 6) is -0.0776. The number of hydrogen-bond donors (Lipinski definition) is 2. The number of nitrogens with one attached hydrogen (secondary N) is 2. The van der Waals surface area contributed by atoms with Gasteiger partial charge in [0.2, 0.25) is 0 Å². The van der Waals surface area contributed by atoms with Crippen molar-refractivity contribution in [3.8, 4) is 0 Å². The van der Waals surface area contributed by atoms with Gasteiger partial charge in [0.15, 0.2) is 0 Å². The molecule has 35 heavy (non-hydrogen) atoms. The van der Waals surface area contributed by atoms with Crippen LogP contribution in [0, 0.1) is 6.92 Å². The lowest BCUT2D eigenvalue weighted by atomic mass is 10.1. The van der Waals surface area contributed by atoms with Gasteiger partial charge in [-0.25, -0.2) is 0 Å². The Hall–Kier alpha value is -2.97. The van der Waals surface area contributed by atoms with E-state index in [1.165, 1.54) is 5.56 Å². The van der Waals surface area contributed by atoms with Crippen LogP contribution < -0.4 is 15.5 Å². The number of amides is 1. The number of anilines is 2. The SMILES string of the molecule is Cc1ccc(N2C=CC=CC2N2CCOCC2)cc1NC(=O)c1cccc(CN2CCNCC2)c1. The molecule has 0 saturated carbocycles. The van der Waals surface area contributed by atoms with Gasteiger partial charge >= 0.3 is 0 Å². The summed E-state index contributed by atoms with van der Waals surface area (Å²) in [7, 11) is 0. The largest absolute Gasteiger partial charge is 0.379 e. The molecule has 5 rings (SSSR count). The van der Waals surface area contributed by atoms with Gasteiger partial charge in [0.25, 0.3) is 5.91 Å². The maximum absolute atomic E-state index is 13.2. The number of hydrogen-bond acceptors (Lipinski definition) is 6. The maximum Gasteiger partial charge on any atom is 0.255 e. The van der Waals surface area contributed by atoms with Crippen molar-refractivity contribution in [2.45, 2.75) is 19.6 Å². The molecule has 0 spiro atoms. The van der Waals surface area contributed by atoms with Crippen molar-refractivity contribution in [1.29, 1.82) is 0 Å². The fourth-order valence-electron chi connectivity index (χ4n) is 4.90. The van der Waals surface area contributed by atoms with Crippen molar-refractivity contribution in [3.05, 3.63) is 83.6 Å². The van der Waals surface area contributed by atoms with Crippen LogP contribution in [0.1, 0.15) is 21.5 Å². The second-order valence-corrected chi connectivity index (χ2v) is 9.38. The molecule has 0 aromatic heterocycles. The molecule has 1 unspecified atom stereocenters. The van der Waals surface area contributed by atoms with Gasteiger partial charge in [0, 0.05) is 69.0 Å². The minimum Gasteiger partial charge on any atom is -0.379 e. The molecule has 0 radical (unpaired) electrons. The average Bonchev–Trinajstić information content (AvgIpc) is 2.91. The quantitative estimate of drug-likeness (QED) is 0.672. The van der Waals surface area contributed by atoms with Crippen LogP contribution >= 0.6 is 0 Å². The third kappa shape index (κ3) is 5.82. The monoisotopic (exact) mass is 473 g/mol. The Morgan fingerprint density at radius 1 is 1.06 bits per heavy atom. The van der Waals surface area contributed by atoms with Gasteiger partial charge in [-0.1, -0.05) is 24.3 Å². The zero-order chi connectivity index (χ0) is 24.0. The lowest BCUT2D eigenvalue weighted by Gasteiger charge is -2.40. The first-order chi connectivity index (χ1) is 17.2. The molecule has 3 heterocycles. The topological polar surface area (TPSA) is 60.1 Å². The minimum absolute atomic E-state index is 0.0776. The molecule has 3 aliphatic rings. The van der Waals surface area contributed by atoms with Crippen LogP contribution in [0.15, 0.2) is 66.9 Å². The molecule has 3 aliphatic heterocycles. The van der Waals surface area contributed by atoms with Crippen molar-refractivity contribution in [2.24, 2.45) is 0 Å². The number of piperazine rings is 1. The lowest BCUT2D eigenvalue weighted by Crippen LogP contribution is -2.50. The number of ether oxygens (including phenoxy) is 1. The molecule has 1 amide bonds. The molecular formula is C28H35N5O2. The van der Waals surface area contributed by atoms with E-state index in [2.05, 4.69) is 74.0 Å². The zero-order valence-electron chi connectivity index (χ0n) is 20.5. The second kappa shape index (κ2) is 11.2. The van der Waals surface area contributed by atoms with Gasteiger partial charge in [-0.3, -0.25) is 14.6 Å². The number of benzene rings is 2. The molecule has 2 aromatic rings. The molecule has 7 heteroatoms. The third-order valence-corrected chi connectivity index (χ3v) is 6.92. The van der Waals surface area contributed by atoms with E-state index >= 15 is 0 Å². The molecule has 2 fully saturated rings. The highest BCUT2D eigenvalue weighted by Crippen LogP contribution is 2.28. The van der Waals surface area contributed by atoms with Gasteiger partial charge < -0.3 is 20.3 Å². The average molecular weight is 474 g/mol. The van der Waals surface area contributed by atoms with E-state index in [0.717, 1.165) is 76.0 Å². The van der Waals surface area contributed by atoms with E-state index in [1.54, 1.807) is 0 Å². The summed E-state index contributed by atoms with van der Waals surface area (Å²) in [5.41, 5.74) is 4.79. The fraction of sp³-hybridized carbons (Fsp3) is 0.393. The third-order valence-electron chi connectivity index (χ3n) is 6.92. The van der Waals surface area contributed by atoms with Crippen molar-refractivity contribution >= 4 is 17.3 Å². The first kappa shape index (κ1) is 23.8. The molecule has 0 bridgehead atoms. The number of nitrogens with zero attached hydrogens (tertiary/aromatic N) is 3. The fourth-order valence-corrected chi connectivity index (χ4v) is 4.90. The van der Waals surface area contributed by atoms with Gasteiger partial charge in [0.1, 0.15) is 6.17 Å². The number of allylic oxidation sites excluding steroid dienone is 2. The normalized spacial score (nSPS) is 21.3. The highest BCUT2D eigenvalue weighted by atomic mass is 16.5. The summed E-state index contributed by atoms with van der Waals surface area (Å²) in [6, 6.07) is 14.3. The summed E-state index contributed by atoms with van der Waals surface area (Å²) >= 11 is 0. The maximum atomic E-state index is 13.2. The molecule has 2 aromatic carbocycles. The smallest absolute Gasteiger partial charge is 0.255 e. The summed E-state index contributed by atoms with van der Waals surface area (Å²) in [6.45, 7) is 10.3. The Labute approximate surface area is 208 Å². The number of rotatable bonds is 6. The van der Waals surface area contributed by atoms with Gasteiger partial charge in [-0.05, 0) is 54.5 Å². The van der Waals surface area contributed by atoms with E-state index in [-0.39, 0.29) is 12.1 Å². The number of carbonyl (C=O) groups excluding carboxylic acids is 1. The predicted molar refractivity (Wildman–Crippen MR) is 141 cm³/mol. The van der Waals surface area contributed by atoms with Gasteiger partial charge in [-0.2, -0.15) is 0 Å². The van der Waals surface area contributed by atoms with E-state index in [4.69, 9.17) is 4.74 Å². The van der Waals surface area contributed by atoms with Crippen LogP contribution in [0.5, 0.6) is 0 Å². The van der Waals surface area contributed by atoms with Crippen LogP contribution in [0.25, 0.3) is 0 Å². The zero-order valence-corrected chi connectivity index (χ0v) is 20.5. The first-order valence-corrected chi connectivity index (χ1v) is 12.6. The van der Waals surface area contributed by atoms with Crippen LogP contribution in [0.2, 0.25) is 0 Å². The standard InChI is InChI=1S/C28H35N5O2/c1-22-8-9-25(33-12-3-2-7-27(33)32-15-17-35-18-16-32)20-26(22)30-28(34)24-6-4-5-23(19-24)21-31-13-10-29-11-14-31/h2-9,12,19-20,27,29H,10-11,13-18,21H2,1H3,(H,30,34). The Kier molecular flexibility index (Phi) is 7.59. The number of aryl methyl sites for hydroxylation is 1. The van der Waals surface area contributed by atoms with Crippen molar-refractivity contribution < 1.29 is 9.53 Å². The first-order valence-electron chi connectivity index (χ1n) is 12.6. The highest BCUT2D eigenvalue weighted by Gasteiger charge is 2.25. The Bertz CT molecular complexity index is 1090. The predicted octanol–water partition coefficient (Wildman–Crippen LogP) is 3.20. The summed E-state index contributed by atoms with van der Waals surface area (Å²) < 4.78 is 5.55. The molecule has 1 atom stereocenters. The Morgan fingerprint density at radius 3 is 2.71 bits per heavy atom. The van der Waals surface area contributed by atoms with E-state index in [0.29, 0.717) is 5.56 Å². The summed E-state index contributed by atoms with van der Waals surface area (Å²) in [5, 5.41) is 6.55. The molecule has 184 valence electrons. The molecule has 0 aliphatic carbocycles. The van der Waals surface area contributed by atoms with E-state index in [9.17, 15) is 4.79 Å². The van der Waals surface area contributed by atoms with E-state index in [1.807, 2.05) is 25.1 Å². The molecular weight excluding hydrogens is 438 g/mol. The summed E-state index contributed by atoms with van der Waals surface area (Å²) in [6.07, 6.45) is 8.61. The van der Waals surface area contributed by atoms with Crippen LogP contribution in [0.4, 0.5) is 11.4 Å². The molecule has 7 nitrogen and oxygen atoms in total. The van der Waals surface area contributed by atoms with Crippen LogP contribution in [-0.4, -0.2) is 74.4 Å². The van der Waals surface area contributed by atoms with Gasteiger partial charge in [-0.15, -0.1) is 0 Å². The lowest BCUT2D eigenvalue weighted by molar-refractivity contribution is 0.0263. The minimum atomic E-state index is -0.0776. The highest BCUT2D eigenvalue weighted by molar-refractivity contribution is 6.05. The number of morpholine rings is 1. The summed E-state index contributed by atoms with van der Waals surface area (Å²) in [4.78, 5) is 20.3. The Morgan fingerprint density at radius 2 is 1.89 bits per heavy atom. The van der Waals surface area contributed by atoms with Crippen molar-refractivity contribution in [2.75, 3.05) is 62.7 Å². The van der Waals surface area contributed by atoms with Gasteiger partial charge in [0.05, 0.1) is 13.2 Å². The van der Waals surface area contributed by atoms with Crippen LogP contribution in [0.3, 0.4) is 0 Å². The Balaban J connectivity index is 1.31. The van der Waals surface area contributed by atoms with Crippen LogP contribution in [-0.2, 0) is 11.3 Å². The molecule has 2 N–H and O–H groups in total. The second-order valence-electron chi connectivity index (χ2n) is 9.38. The number of carbonyl (C=O) groups is 1. The van der Waals surface area contributed by atoms with E-state index < -0.39 is 0 Å².